The zero-order valence-electron chi connectivity index (χ0n) is 12.2. The molecule has 0 amide bonds. The van der Waals surface area contributed by atoms with Gasteiger partial charge in [0.25, 0.3) is 0 Å². The molecule has 2 aromatic carbocycles. The third-order valence-corrected chi connectivity index (χ3v) is 4.34. The number of hydrogen-bond acceptors (Lipinski definition) is 3. The summed E-state index contributed by atoms with van der Waals surface area (Å²) in [6.07, 6.45) is 0. The van der Waals surface area contributed by atoms with Crippen LogP contribution >= 0.6 is 34.8 Å². The van der Waals surface area contributed by atoms with Crippen LogP contribution in [0.5, 0.6) is 0 Å². The van der Waals surface area contributed by atoms with Crippen LogP contribution in [0.2, 0.25) is 15.1 Å². The molecule has 0 aliphatic heterocycles. The topological polar surface area (TPSA) is 62.7 Å². The Kier molecular flexibility index (Phi) is 4.64. The lowest BCUT2D eigenvalue weighted by Gasteiger charge is -2.11. The fraction of sp³-hybridized carbons (Fsp3) is 0. The summed E-state index contributed by atoms with van der Waals surface area (Å²) in [5.41, 5.74) is 8.96. The molecule has 0 fully saturated rings. The number of nitriles is 1. The predicted octanol–water partition coefficient (Wildman–Crippen LogP) is 5.83. The quantitative estimate of drug-likeness (QED) is 0.614. The predicted molar refractivity (Wildman–Crippen MR) is 99.3 cm³/mol. The van der Waals surface area contributed by atoms with Crippen molar-refractivity contribution in [1.82, 2.24) is 4.98 Å². The largest absolute Gasteiger partial charge is 0.383 e. The molecule has 3 aromatic rings. The molecule has 0 radical (unpaired) electrons. The number of halogens is 3. The third-order valence-electron chi connectivity index (χ3n) is 3.52. The first-order valence-corrected chi connectivity index (χ1v) is 8.05. The smallest absolute Gasteiger partial charge is 0.142 e. The van der Waals surface area contributed by atoms with Gasteiger partial charge in [0.05, 0.1) is 10.7 Å². The van der Waals surface area contributed by atoms with Crippen molar-refractivity contribution in [2.75, 3.05) is 5.73 Å². The molecule has 0 aliphatic carbocycles. The van der Waals surface area contributed by atoms with E-state index in [0.717, 1.165) is 5.56 Å². The summed E-state index contributed by atoms with van der Waals surface area (Å²) in [6, 6.07) is 16.1. The van der Waals surface area contributed by atoms with Gasteiger partial charge in [-0.3, -0.25) is 0 Å². The summed E-state index contributed by atoms with van der Waals surface area (Å²) < 4.78 is 0. The fourth-order valence-electron chi connectivity index (χ4n) is 2.37. The van der Waals surface area contributed by atoms with Gasteiger partial charge >= 0.3 is 0 Å². The lowest BCUT2D eigenvalue weighted by molar-refractivity contribution is 1.31. The van der Waals surface area contributed by atoms with Crippen LogP contribution in [0.15, 0.2) is 48.5 Å². The van der Waals surface area contributed by atoms with Gasteiger partial charge in [-0.05, 0) is 42.0 Å². The molecule has 2 N–H and O–H groups in total. The minimum absolute atomic E-state index is 0.135. The van der Waals surface area contributed by atoms with Crippen molar-refractivity contribution in [3.8, 4) is 28.5 Å². The Balaban J connectivity index is 2.26. The van der Waals surface area contributed by atoms with E-state index in [4.69, 9.17) is 40.5 Å². The highest BCUT2D eigenvalue weighted by atomic mass is 35.5. The maximum atomic E-state index is 9.43. The molecule has 3 rings (SSSR count). The Bertz CT molecular complexity index is 960. The monoisotopic (exact) mass is 373 g/mol. The summed E-state index contributed by atoms with van der Waals surface area (Å²) in [5.74, 6) is 0.135. The molecular formula is C18H10Cl3N3. The van der Waals surface area contributed by atoms with E-state index in [9.17, 15) is 5.26 Å². The first-order valence-electron chi connectivity index (χ1n) is 6.91. The molecular weight excluding hydrogens is 365 g/mol. The Morgan fingerprint density at radius 2 is 1.54 bits per heavy atom. The number of nitrogens with two attached hydrogens (primary N) is 1. The molecule has 3 nitrogen and oxygen atoms in total. The lowest BCUT2D eigenvalue weighted by Crippen LogP contribution is -2.00. The van der Waals surface area contributed by atoms with Crippen LogP contribution in [0, 0.1) is 11.3 Å². The average molecular weight is 375 g/mol. The second-order valence-electron chi connectivity index (χ2n) is 5.06. The maximum absolute atomic E-state index is 9.43. The highest BCUT2D eigenvalue weighted by Crippen LogP contribution is 2.35. The molecule has 0 saturated heterocycles. The summed E-state index contributed by atoms with van der Waals surface area (Å²) in [5, 5.41) is 11.1. The Morgan fingerprint density at radius 3 is 2.21 bits per heavy atom. The summed E-state index contributed by atoms with van der Waals surface area (Å²) >= 11 is 18.2. The van der Waals surface area contributed by atoms with Crippen molar-refractivity contribution in [2.24, 2.45) is 0 Å². The number of rotatable bonds is 2. The minimum Gasteiger partial charge on any atom is -0.383 e. The van der Waals surface area contributed by atoms with Gasteiger partial charge in [-0.15, -0.1) is 0 Å². The second kappa shape index (κ2) is 6.70. The molecule has 1 aromatic heterocycles. The van der Waals surface area contributed by atoms with Gasteiger partial charge in [0.15, 0.2) is 0 Å². The zero-order valence-corrected chi connectivity index (χ0v) is 14.5. The van der Waals surface area contributed by atoms with E-state index in [1.54, 1.807) is 36.4 Å². The molecule has 118 valence electrons. The number of pyridine rings is 1. The van der Waals surface area contributed by atoms with Gasteiger partial charge in [0.1, 0.15) is 17.5 Å². The van der Waals surface area contributed by atoms with Gasteiger partial charge in [-0.2, -0.15) is 5.26 Å². The van der Waals surface area contributed by atoms with Crippen LogP contribution in [0.4, 0.5) is 5.82 Å². The lowest BCUT2D eigenvalue weighted by atomic mass is 9.98. The molecule has 24 heavy (non-hydrogen) atoms. The van der Waals surface area contributed by atoms with E-state index in [0.29, 0.717) is 37.5 Å². The van der Waals surface area contributed by atoms with E-state index in [1.165, 1.54) is 0 Å². The van der Waals surface area contributed by atoms with Crippen molar-refractivity contribution < 1.29 is 0 Å². The average Bonchev–Trinajstić information content (AvgIpc) is 2.57. The second-order valence-corrected chi connectivity index (χ2v) is 6.34. The number of aromatic nitrogens is 1. The Labute approximate surface area is 154 Å². The zero-order chi connectivity index (χ0) is 17.3. The molecule has 0 atom stereocenters. The Morgan fingerprint density at radius 1 is 0.875 bits per heavy atom. The maximum Gasteiger partial charge on any atom is 0.142 e. The molecule has 1 heterocycles. The first-order chi connectivity index (χ1) is 11.5. The Hall–Kier alpha value is -2.25. The van der Waals surface area contributed by atoms with Crippen molar-refractivity contribution in [3.63, 3.8) is 0 Å². The fourth-order valence-corrected chi connectivity index (χ4v) is 2.88. The van der Waals surface area contributed by atoms with Gasteiger partial charge < -0.3 is 5.73 Å². The number of benzene rings is 2. The molecule has 0 spiro atoms. The van der Waals surface area contributed by atoms with E-state index >= 15 is 0 Å². The van der Waals surface area contributed by atoms with E-state index in [1.807, 2.05) is 12.1 Å². The molecule has 0 aliphatic rings. The van der Waals surface area contributed by atoms with Crippen LogP contribution in [-0.4, -0.2) is 4.98 Å². The van der Waals surface area contributed by atoms with Gasteiger partial charge in [0.2, 0.25) is 0 Å². The SMILES string of the molecule is N#Cc1c(-c2ccc(Cl)cc2)cc(-c2cc(Cl)ccc2Cl)nc1N. The normalized spacial score (nSPS) is 10.4. The number of nitrogens with zero attached hydrogens (tertiary/aromatic N) is 2. The van der Waals surface area contributed by atoms with Crippen molar-refractivity contribution in [3.05, 3.63) is 69.2 Å². The van der Waals surface area contributed by atoms with Gasteiger partial charge in [-0.1, -0.05) is 46.9 Å². The van der Waals surface area contributed by atoms with Crippen molar-refractivity contribution >= 4 is 40.6 Å². The van der Waals surface area contributed by atoms with Crippen LogP contribution in [0.3, 0.4) is 0 Å². The number of nitrogen functional groups attached to an aromatic ring is 1. The first kappa shape index (κ1) is 16.6. The number of hydrogen-bond donors (Lipinski definition) is 1. The van der Waals surface area contributed by atoms with E-state index in [-0.39, 0.29) is 5.82 Å². The van der Waals surface area contributed by atoms with Crippen molar-refractivity contribution in [1.29, 1.82) is 5.26 Å². The van der Waals surface area contributed by atoms with Crippen LogP contribution in [0.1, 0.15) is 5.56 Å². The summed E-state index contributed by atoms with van der Waals surface area (Å²) in [7, 11) is 0. The van der Waals surface area contributed by atoms with E-state index < -0.39 is 0 Å². The van der Waals surface area contributed by atoms with Gasteiger partial charge in [0, 0.05) is 21.2 Å². The standard InChI is InChI=1S/C18H10Cl3N3/c19-11-3-1-10(2-4-11)13-8-17(24-18(23)15(13)9-22)14-7-12(20)5-6-16(14)21/h1-8H,(H2,23,24). The van der Waals surface area contributed by atoms with E-state index in [2.05, 4.69) is 11.1 Å². The van der Waals surface area contributed by atoms with Crippen LogP contribution in [-0.2, 0) is 0 Å². The molecule has 0 unspecified atom stereocenters. The summed E-state index contributed by atoms with van der Waals surface area (Å²) in [4.78, 5) is 4.31. The number of anilines is 1. The van der Waals surface area contributed by atoms with Crippen LogP contribution < -0.4 is 5.73 Å². The van der Waals surface area contributed by atoms with Crippen molar-refractivity contribution in [2.45, 2.75) is 0 Å². The summed E-state index contributed by atoms with van der Waals surface area (Å²) in [6.45, 7) is 0. The highest BCUT2D eigenvalue weighted by Gasteiger charge is 2.15. The molecule has 0 saturated carbocycles. The third kappa shape index (κ3) is 3.18. The van der Waals surface area contributed by atoms with Crippen LogP contribution in [0.25, 0.3) is 22.4 Å². The molecule has 6 heteroatoms. The minimum atomic E-state index is 0.135. The molecule has 0 bridgehead atoms. The highest BCUT2D eigenvalue weighted by molar-refractivity contribution is 6.35. The van der Waals surface area contributed by atoms with Gasteiger partial charge in [-0.25, -0.2) is 4.98 Å².